The molecular weight excluding hydrogens is 232 g/mol. The van der Waals surface area contributed by atoms with E-state index in [-0.39, 0.29) is 12.5 Å². The minimum absolute atomic E-state index is 0.102. The van der Waals surface area contributed by atoms with Crippen LogP contribution in [0.25, 0.3) is 0 Å². The summed E-state index contributed by atoms with van der Waals surface area (Å²) in [6, 6.07) is 8.12. The number of benzene rings is 1. The zero-order valence-corrected chi connectivity index (χ0v) is 10.0. The lowest BCUT2D eigenvalue weighted by Gasteiger charge is -2.10. The molecule has 1 aromatic carbocycles. The van der Waals surface area contributed by atoms with Crippen LogP contribution in [-0.2, 0) is 4.79 Å². The molecule has 0 radical (unpaired) electrons. The highest BCUT2D eigenvalue weighted by atomic mass is 16.4. The highest BCUT2D eigenvalue weighted by molar-refractivity contribution is 5.94. The van der Waals surface area contributed by atoms with Gasteiger partial charge in [-0.2, -0.15) is 5.26 Å². The summed E-state index contributed by atoms with van der Waals surface area (Å²) in [6.07, 6.45) is 0.461. The molecule has 5 nitrogen and oxygen atoms in total. The molecule has 0 aromatic heterocycles. The summed E-state index contributed by atoms with van der Waals surface area (Å²) in [5.74, 6) is -1.83. The van der Waals surface area contributed by atoms with Crippen LogP contribution in [0.5, 0.6) is 0 Å². The SMILES string of the molecule is CCC(CNC(=O)c1ccc(C#N)cc1)C(=O)O. The molecule has 1 rings (SSSR count). The number of nitriles is 1. The van der Waals surface area contributed by atoms with Crippen molar-refractivity contribution in [2.75, 3.05) is 6.54 Å². The van der Waals surface area contributed by atoms with E-state index in [2.05, 4.69) is 5.32 Å². The number of carbonyl (C=O) groups is 2. The molecule has 0 aliphatic carbocycles. The Balaban J connectivity index is 2.60. The zero-order chi connectivity index (χ0) is 13.5. The van der Waals surface area contributed by atoms with E-state index in [0.29, 0.717) is 17.5 Å². The van der Waals surface area contributed by atoms with Crippen molar-refractivity contribution in [3.05, 3.63) is 35.4 Å². The van der Waals surface area contributed by atoms with Crippen molar-refractivity contribution in [2.45, 2.75) is 13.3 Å². The van der Waals surface area contributed by atoms with Gasteiger partial charge in [-0.25, -0.2) is 0 Å². The Hall–Kier alpha value is -2.35. The third-order valence-electron chi connectivity index (χ3n) is 2.63. The standard InChI is InChI=1S/C13H14N2O3/c1-2-10(13(17)18)8-15-12(16)11-5-3-9(7-14)4-6-11/h3-6,10H,2,8H2,1H3,(H,15,16)(H,17,18). The molecule has 1 aromatic rings. The van der Waals surface area contributed by atoms with Gasteiger partial charge in [-0.3, -0.25) is 9.59 Å². The van der Waals surface area contributed by atoms with Gasteiger partial charge in [0.2, 0.25) is 0 Å². The highest BCUT2D eigenvalue weighted by Crippen LogP contribution is 2.05. The first-order chi connectivity index (χ1) is 8.58. The molecule has 1 unspecified atom stereocenters. The van der Waals surface area contributed by atoms with Crippen molar-refractivity contribution in [2.24, 2.45) is 5.92 Å². The Kier molecular flexibility index (Phi) is 4.88. The van der Waals surface area contributed by atoms with Gasteiger partial charge in [0.1, 0.15) is 0 Å². The van der Waals surface area contributed by atoms with Crippen molar-refractivity contribution in [3.63, 3.8) is 0 Å². The lowest BCUT2D eigenvalue weighted by Crippen LogP contribution is -2.32. The Morgan fingerprint density at radius 1 is 1.39 bits per heavy atom. The van der Waals surface area contributed by atoms with Gasteiger partial charge in [-0.15, -0.1) is 0 Å². The van der Waals surface area contributed by atoms with E-state index < -0.39 is 11.9 Å². The maximum atomic E-state index is 11.7. The summed E-state index contributed by atoms with van der Waals surface area (Å²) in [4.78, 5) is 22.5. The Morgan fingerprint density at radius 2 is 2.00 bits per heavy atom. The Bertz CT molecular complexity index is 474. The van der Waals surface area contributed by atoms with Crippen molar-refractivity contribution in [1.29, 1.82) is 5.26 Å². The monoisotopic (exact) mass is 246 g/mol. The number of rotatable bonds is 5. The number of carboxylic acid groups (broad SMARTS) is 1. The van der Waals surface area contributed by atoms with E-state index in [4.69, 9.17) is 10.4 Å². The minimum atomic E-state index is -0.919. The molecule has 18 heavy (non-hydrogen) atoms. The Labute approximate surface area is 105 Å². The largest absolute Gasteiger partial charge is 0.481 e. The second kappa shape index (κ2) is 6.40. The number of carbonyl (C=O) groups excluding carboxylic acids is 1. The summed E-state index contributed by atoms with van der Waals surface area (Å²) < 4.78 is 0. The summed E-state index contributed by atoms with van der Waals surface area (Å²) in [5.41, 5.74) is 0.887. The molecule has 1 atom stereocenters. The molecule has 0 aliphatic rings. The van der Waals surface area contributed by atoms with Crippen molar-refractivity contribution >= 4 is 11.9 Å². The molecule has 0 spiro atoms. The van der Waals surface area contributed by atoms with E-state index in [1.165, 1.54) is 12.1 Å². The lowest BCUT2D eigenvalue weighted by atomic mass is 10.1. The number of nitrogens with zero attached hydrogens (tertiary/aromatic N) is 1. The molecule has 1 amide bonds. The van der Waals surface area contributed by atoms with Crippen LogP contribution in [0.2, 0.25) is 0 Å². The number of carboxylic acids is 1. The van der Waals surface area contributed by atoms with Crippen LogP contribution in [-0.4, -0.2) is 23.5 Å². The predicted octanol–water partition coefficient (Wildman–Crippen LogP) is 1.40. The average molecular weight is 246 g/mol. The first-order valence-corrected chi connectivity index (χ1v) is 5.59. The molecule has 0 saturated heterocycles. The molecular formula is C13H14N2O3. The van der Waals surface area contributed by atoms with E-state index in [9.17, 15) is 9.59 Å². The number of aliphatic carboxylic acids is 1. The van der Waals surface area contributed by atoms with Crippen LogP contribution in [0.1, 0.15) is 29.3 Å². The number of amides is 1. The summed E-state index contributed by atoms with van der Waals surface area (Å²) >= 11 is 0. The second-order valence-electron chi connectivity index (χ2n) is 3.84. The van der Waals surface area contributed by atoms with E-state index in [1.54, 1.807) is 19.1 Å². The fraction of sp³-hybridized carbons (Fsp3) is 0.308. The maximum Gasteiger partial charge on any atom is 0.308 e. The summed E-state index contributed by atoms with van der Waals surface area (Å²) in [7, 11) is 0. The first kappa shape index (κ1) is 13.7. The fourth-order valence-corrected chi connectivity index (χ4v) is 1.42. The second-order valence-corrected chi connectivity index (χ2v) is 3.84. The van der Waals surface area contributed by atoms with Gasteiger partial charge >= 0.3 is 5.97 Å². The van der Waals surface area contributed by atoms with Gasteiger partial charge in [-0.1, -0.05) is 6.92 Å². The van der Waals surface area contributed by atoms with Crippen molar-refractivity contribution in [3.8, 4) is 6.07 Å². The number of hydrogen-bond acceptors (Lipinski definition) is 3. The minimum Gasteiger partial charge on any atom is -0.481 e. The molecule has 94 valence electrons. The third kappa shape index (κ3) is 3.59. The quantitative estimate of drug-likeness (QED) is 0.821. The molecule has 0 bridgehead atoms. The summed E-state index contributed by atoms with van der Waals surface area (Å²) in [5, 5.41) is 20.0. The van der Waals surface area contributed by atoms with Gasteiger partial charge in [0.05, 0.1) is 17.6 Å². The van der Waals surface area contributed by atoms with Crippen LogP contribution in [0.15, 0.2) is 24.3 Å². The molecule has 0 aliphatic heterocycles. The zero-order valence-electron chi connectivity index (χ0n) is 10.0. The van der Waals surface area contributed by atoms with Gasteiger partial charge in [0, 0.05) is 12.1 Å². The van der Waals surface area contributed by atoms with Gasteiger partial charge < -0.3 is 10.4 Å². The molecule has 5 heteroatoms. The van der Waals surface area contributed by atoms with Gasteiger partial charge in [0.15, 0.2) is 0 Å². The third-order valence-corrected chi connectivity index (χ3v) is 2.63. The van der Waals surface area contributed by atoms with Crippen LogP contribution in [0, 0.1) is 17.2 Å². The number of nitrogens with one attached hydrogen (secondary N) is 1. The molecule has 2 N–H and O–H groups in total. The smallest absolute Gasteiger partial charge is 0.308 e. The van der Waals surface area contributed by atoms with Gasteiger partial charge in [0.25, 0.3) is 5.91 Å². The maximum absolute atomic E-state index is 11.7. The van der Waals surface area contributed by atoms with Crippen LogP contribution in [0.4, 0.5) is 0 Å². The topological polar surface area (TPSA) is 90.2 Å². The van der Waals surface area contributed by atoms with E-state index >= 15 is 0 Å². The average Bonchev–Trinajstić information content (AvgIpc) is 2.39. The van der Waals surface area contributed by atoms with E-state index in [0.717, 1.165) is 0 Å². The van der Waals surface area contributed by atoms with Crippen LogP contribution < -0.4 is 5.32 Å². The first-order valence-electron chi connectivity index (χ1n) is 5.59. The van der Waals surface area contributed by atoms with Crippen LogP contribution >= 0.6 is 0 Å². The normalized spacial score (nSPS) is 11.3. The molecule has 0 saturated carbocycles. The van der Waals surface area contributed by atoms with Gasteiger partial charge in [-0.05, 0) is 30.7 Å². The fourth-order valence-electron chi connectivity index (χ4n) is 1.42. The van der Waals surface area contributed by atoms with E-state index in [1.807, 2.05) is 6.07 Å². The number of hydrogen-bond donors (Lipinski definition) is 2. The molecule has 0 fully saturated rings. The van der Waals surface area contributed by atoms with Crippen LogP contribution in [0.3, 0.4) is 0 Å². The lowest BCUT2D eigenvalue weighted by molar-refractivity contribution is -0.141. The van der Waals surface area contributed by atoms with Crippen molar-refractivity contribution < 1.29 is 14.7 Å². The molecule has 0 heterocycles. The summed E-state index contributed by atoms with van der Waals surface area (Å²) in [6.45, 7) is 1.86. The Morgan fingerprint density at radius 3 is 2.44 bits per heavy atom. The highest BCUT2D eigenvalue weighted by Gasteiger charge is 2.16. The van der Waals surface area contributed by atoms with Crippen molar-refractivity contribution in [1.82, 2.24) is 5.32 Å². The predicted molar refractivity (Wildman–Crippen MR) is 64.9 cm³/mol.